The van der Waals surface area contributed by atoms with E-state index in [1.165, 1.54) is 22.5 Å². The molecule has 0 spiro atoms. The number of hydrogen-bond acceptors (Lipinski definition) is 5. The Kier molecular flexibility index (Phi) is 7.75. The van der Waals surface area contributed by atoms with Crippen LogP contribution in [-0.2, 0) is 11.3 Å². The van der Waals surface area contributed by atoms with Crippen LogP contribution in [0.2, 0.25) is 0 Å². The van der Waals surface area contributed by atoms with Gasteiger partial charge in [0.25, 0.3) is 5.56 Å². The van der Waals surface area contributed by atoms with Gasteiger partial charge in [0.1, 0.15) is 10.8 Å². The van der Waals surface area contributed by atoms with Gasteiger partial charge in [0.05, 0.1) is 17.0 Å². The van der Waals surface area contributed by atoms with E-state index in [0.29, 0.717) is 17.3 Å². The summed E-state index contributed by atoms with van der Waals surface area (Å²) in [5.74, 6) is 0.715. The Balaban J connectivity index is 1.62. The van der Waals surface area contributed by atoms with Crippen molar-refractivity contribution in [3.63, 3.8) is 0 Å². The second-order valence-corrected chi connectivity index (χ2v) is 9.34. The molecule has 6 nitrogen and oxygen atoms in total. The van der Waals surface area contributed by atoms with Gasteiger partial charge >= 0.3 is 0 Å². The van der Waals surface area contributed by atoms with E-state index in [1.807, 2.05) is 77.1 Å². The first-order chi connectivity index (χ1) is 15.2. The van der Waals surface area contributed by atoms with Crippen molar-refractivity contribution in [3.8, 4) is 11.4 Å². The number of nitrogens with zero attached hydrogens (tertiary/aromatic N) is 2. The molecule has 7 heteroatoms. The van der Waals surface area contributed by atoms with Crippen molar-refractivity contribution < 1.29 is 9.53 Å². The fourth-order valence-corrected chi connectivity index (χ4v) is 3.85. The largest absolute Gasteiger partial charge is 0.491 e. The van der Waals surface area contributed by atoms with Crippen LogP contribution in [0.4, 0.5) is 0 Å². The highest BCUT2D eigenvalue weighted by Crippen LogP contribution is 2.21. The van der Waals surface area contributed by atoms with Crippen molar-refractivity contribution in [2.24, 2.45) is 0 Å². The highest BCUT2D eigenvalue weighted by molar-refractivity contribution is 8.00. The van der Waals surface area contributed by atoms with Gasteiger partial charge in [-0.3, -0.25) is 9.59 Å². The monoisotopic (exact) mass is 451 g/mol. The first-order valence-corrected chi connectivity index (χ1v) is 11.5. The van der Waals surface area contributed by atoms with Crippen LogP contribution in [0.5, 0.6) is 5.75 Å². The van der Waals surface area contributed by atoms with Gasteiger partial charge in [-0.15, -0.1) is 0 Å². The molecule has 1 N–H and O–H groups in total. The van der Waals surface area contributed by atoms with Crippen molar-refractivity contribution >= 4 is 17.7 Å². The van der Waals surface area contributed by atoms with Crippen LogP contribution >= 0.6 is 11.8 Å². The molecule has 0 saturated carbocycles. The zero-order valence-corrected chi connectivity index (χ0v) is 19.9. The summed E-state index contributed by atoms with van der Waals surface area (Å²) >= 11 is 1.32. The zero-order valence-electron chi connectivity index (χ0n) is 19.1. The summed E-state index contributed by atoms with van der Waals surface area (Å²) in [6, 6.07) is 16.6. The lowest BCUT2D eigenvalue weighted by molar-refractivity contribution is -0.120. The van der Waals surface area contributed by atoms with E-state index in [9.17, 15) is 9.59 Å². The summed E-state index contributed by atoms with van der Waals surface area (Å²) in [6.45, 7) is 10.2. The Labute approximate surface area is 193 Å². The predicted octanol–water partition coefficient (Wildman–Crippen LogP) is 4.43. The number of amides is 1. The lowest BCUT2D eigenvalue weighted by atomic mass is 10.1. The molecule has 1 unspecified atom stereocenters. The van der Waals surface area contributed by atoms with Gasteiger partial charge in [-0.25, -0.2) is 0 Å². The highest BCUT2D eigenvalue weighted by atomic mass is 32.2. The Morgan fingerprint density at radius 1 is 1.03 bits per heavy atom. The number of aromatic nitrogens is 2. The molecular weight excluding hydrogens is 422 g/mol. The van der Waals surface area contributed by atoms with Gasteiger partial charge in [0.15, 0.2) is 0 Å². The highest BCUT2D eigenvalue weighted by Gasteiger charge is 2.16. The zero-order chi connectivity index (χ0) is 23.3. The first kappa shape index (κ1) is 23.6. The Morgan fingerprint density at radius 3 is 2.41 bits per heavy atom. The summed E-state index contributed by atoms with van der Waals surface area (Å²) in [4.78, 5) is 24.9. The summed E-state index contributed by atoms with van der Waals surface area (Å²) in [5.41, 5.74) is 3.74. The molecule has 0 fully saturated rings. The molecule has 0 bridgehead atoms. The van der Waals surface area contributed by atoms with E-state index < -0.39 is 0 Å². The molecule has 32 heavy (non-hydrogen) atoms. The van der Waals surface area contributed by atoms with Gasteiger partial charge < -0.3 is 10.1 Å². The molecule has 0 aliphatic carbocycles. The minimum atomic E-state index is -0.364. The molecular formula is C25H29N3O3S. The number of nitrogens with one attached hydrogen (secondary N) is 1. The minimum Gasteiger partial charge on any atom is -0.491 e. The number of hydrogen-bond donors (Lipinski definition) is 1. The summed E-state index contributed by atoms with van der Waals surface area (Å²) in [6.07, 6.45) is 0.122. The average molecular weight is 452 g/mol. The van der Waals surface area contributed by atoms with Crippen LogP contribution < -0.4 is 15.6 Å². The Morgan fingerprint density at radius 2 is 1.75 bits per heavy atom. The number of benzene rings is 2. The molecule has 0 radical (unpaired) electrons. The van der Waals surface area contributed by atoms with Crippen molar-refractivity contribution in [1.82, 2.24) is 15.1 Å². The van der Waals surface area contributed by atoms with Crippen LogP contribution in [0, 0.1) is 13.8 Å². The van der Waals surface area contributed by atoms with E-state index in [4.69, 9.17) is 4.74 Å². The molecule has 1 heterocycles. The molecule has 0 aliphatic heterocycles. The number of ether oxygens (including phenoxy) is 1. The van der Waals surface area contributed by atoms with Crippen LogP contribution in [0.3, 0.4) is 0 Å². The molecule has 3 rings (SSSR count). The van der Waals surface area contributed by atoms with Crippen LogP contribution in [0.1, 0.15) is 37.5 Å². The molecule has 0 saturated heterocycles. The predicted molar refractivity (Wildman–Crippen MR) is 129 cm³/mol. The Hall–Kier alpha value is -3.06. The van der Waals surface area contributed by atoms with E-state index in [2.05, 4.69) is 10.4 Å². The fraction of sp³-hybridized carbons (Fsp3) is 0.320. The van der Waals surface area contributed by atoms with Crippen LogP contribution in [0.15, 0.2) is 64.4 Å². The summed E-state index contributed by atoms with van der Waals surface area (Å²) in [5, 5.41) is 7.66. The number of carbonyl (C=O) groups is 1. The lowest BCUT2D eigenvalue weighted by Gasteiger charge is -2.13. The van der Waals surface area contributed by atoms with E-state index in [-0.39, 0.29) is 22.8 Å². The number of carbonyl (C=O) groups excluding carboxylic acids is 1. The van der Waals surface area contributed by atoms with Crippen molar-refractivity contribution in [3.05, 3.63) is 81.6 Å². The topological polar surface area (TPSA) is 73.2 Å². The van der Waals surface area contributed by atoms with Crippen molar-refractivity contribution in [2.45, 2.75) is 57.5 Å². The van der Waals surface area contributed by atoms with E-state index in [1.54, 1.807) is 6.07 Å². The molecule has 1 atom stereocenters. The van der Waals surface area contributed by atoms with Gasteiger partial charge in [-0.2, -0.15) is 9.78 Å². The number of thioether (sulfide) groups is 1. The molecule has 1 amide bonds. The summed E-state index contributed by atoms with van der Waals surface area (Å²) in [7, 11) is 0. The molecule has 1 aromatic heterocycles. The third-order valence-electron chi connectivity index (χ3n) is 4.94. The second kappa shape index (κ2) is 10.5. The van der Waals surface area contributed by atoms with Crippen LogP contribution in [-0.4, -0.2) is 27.0 Å². The molecule has 2 aromatic carbocycles. The fourth-order valence-electron chi connectivity index (χ4n) is 3.03. The maximum atomic E-state index is 12.6. The SMILES string of the molecule is Cc1ccc(-n2nc(SC(C)C(=O)NCc3ccc(OC(C)C)cc3)ccc2=O)cc1C. The van der Waals surface area contributed by atoms with Gasteiger partial charge in [0, 0.05) is 12.6 Å². The summed E-state index contributed by atoms with van der Waals surface area (Å²) < 4.78 is 7.01. The maximum Gasteiger partial charge on any atom is 0.271 e. The maximum absolute atomic E-state index is 12.6. The third kappa shape index (κ3) is 6.23. The van der Waals surface area contributed by atoms with Gasteiger partial charge in [-0.05, 0) is 81.6 Å². The number of aryl methyl sites for hydroxylation is 2. The van der Waals surface area contributed by atoms with E-state index in [0.717, 1.165) is 22.4 Å². The van der Waals surface area contributed by atoms with Crippen LogP contribution in [0.25, 0.3) is 5.69 Å². The van der Waals surface area contributed by atoms with Crippen molar-refractivity contribution in [1.29, 1.82) is 0 Å². The lowest BCUT2D eigenvalue weighted by Crippen LogP contribution is -2.30. The normalized spacial score (nSPS) is 11.9. The van der Waals surface area contributed by atoms with Gasteiger partial charge in [0.2, 0.25) is 5.91 Å². The Bertz CT molecular complexity index is 1140. The van der Waals surface area contributed by atoms with E-state index >= 15 is 0 Å². The second-order valence-electron chi connectivity index (χ2n) is 7.98. The smallest absolute Gasteiger partial charge is 0.271 e. The number of rotatable bonds is 8. The first-order valence-electron chi connectivity index (χ1n) is 10.6. The van der Waals surface area contributed by atoms with Gasteiger partial charge in [-0.1, -0.05) is 30.0 Å². The standard InChI is InChI=1S/C25H29N3O3S/c1-16(2)31-22-10-7-20(8-11-22)15-26-25(30)19(5)32-23-12-13-24(29)28(27-23)21-9-6-17(3)18(4)14-21/h6-14,16,19H,15H2,1-5H3,(H,26,30). The molecule has 0 aliphatic rings. The molecule has 168 valence electrons. The minimum absolute atomic E-state index is 0.0942. The van der Waals surface area contributed by atoms with Crippen molar-refractivity contribution in [2.75, 3.05) is 0 Å². The average Bonchev–Trinajstić information content (AvgIpc) is 2.76. The third-order valence-corrected chi connectivity index (χ3v) is 5.97. The quantitative estimate of drug-likeness (QED) is 0.513. The molecule has 3 aromatic rings.